The van der Waals surface area contributed by atoms with Crippen molar-refractivity contribution >= 4 is 22.0 Å². The van der Waals surface area contributed by atoms with Gasteiger partial charge in [-0.25, -0.2) is 0 Å². The second-order valence-electron chi connectivity index (χ2n) is 7.84. The van der Waals surface area contributed by atoms with Crippen LogP contribution in [0.25, 0.3) is 5.70 Å². The molecule has 2 N–H and O–H groups in total. The highest BCUT2D eigenvalue weighted by Gasteiger charge is 2.40. The number of hydrogen-bond acceptors (Lipinski definition) is 4. The summed E-state index contributed by atoms with van der Waals surface area (Å²) >= 11 is 1.94. The van der Waals surface area contributed by atoms with Gasteiger partial charge in [-0.2, -0.15) is 0 Å². The zero-order chi connectivity index (χ0) is 16.7. The normalized spacial score (nSPS) is 27.1. The van der Waals surface area contributed by atoms with Gasteiger partial charge in [0.1, 0.15) is 11.2 Å². The summed E-state index contributed by atoms with van der Waals surface area (Å²) < 4.78 is 5.77. The first-order chi connectivity index (χ1) is 11.7. The van der Waals surface area contributed by atoms with Gasteiger partial charge in [-0.15, -0.1) is 11.3 Å². The highest BCUT2D eigenvalue weighted by Crippen LogP contribution is 2.45. The summed E-state index contributed by atoms with van der Waals surface area (Å²) in [5.41, 5.74) is 4.03. The molecular weight excluding hydrogens is 316 g/mol. The van der Waals surface area contributed by atoms with Gasteiger partial charge in [0, 0.05) is 35.2 Å². The molecule has 0 aliphatic heterocycles. The first-order valence-corrected chi connectivity index (χ1v) is 10.4. The average Bonchev–Trinajstić information content (AvgIpc) is 3.14. The van der Waals surface area contributed by atoms with Gasteiger partial charge in [0.25, 0.3) is 0 Å². The molecule has 2 fully saturated rings. The number of aryl methyl sites for hydroxylation is 1. The van der Waals surface area contributed by atoms with Crippen molar-refractivity contribution in [3.8, 4) is 0 Å². The Morgan fingerprint density at radius 3 is 2.62 bits per heavy atom. The fourth-order valence-corrected chi connectivity index (χ4v) is 5.44. The Kier molecular flexibility index (Phi) is 4.61. The summed E-state index contributed by atoms with van der Waals surface area (Å²) in [7, 11) is 1.83. The van der Waals surface area contributed by atoms with Crippen LogP contribution in [0.15, 0.2) is 6.58 Å². The van der Waals surface area contributed by atoms with Crippen molar-refractivity contribution in [2.24, 2.45) is 11.8 Å². The Balaban J connectivity index is 1.59. The number of methoxy groups -OCH3 is 1. The summed E-state index contributed by atoms with van der Waals surface area (Å²) in [4.78, 5) is 1.56. The van der Waals surface area contributed by atoms with Crippen LogP contribution < -0.4 is 10.6 Å². The zero-order valence-electron chi connectivity index (χ0n) is 15.0. The molecule has 4 heteroatoms. The van der Waals surface area contributed by atoms with Gasteiger partial charge >= 0.3 is 0 Å². The minimum atomic E-state index is 0.135. The smallest absolute Gasteiger partial charge is 0.131 e. The SMILES string of the molecule is C=C(NC1CCC1)c1c(NC(OC)C2CC2C)sc2c1CCCC2. The van der Waals surface area contributed by atoms with E-state index < -0.39 is 0 Å². The number of thiophene rings is 1. The topological polar surface area (TPSA) is 33.3 Å². The molecule has 0 amide bonds. The third-order valence-electron chi connectivity index (χ3n) is 6.04. The molecule has 1 heterocycles. The van der Waals surface area contributed by atoms with Crippen LogP contribution in [-0.4, -0.2) is 19.4 Å². The predicted molar refractivity (Wildman–Crippen MR) is 102 cm³/mol. The minimum Gasteiger partial charge on any atom is -0.382 e. The van der Waals surface area contributed by atoms with Crippen LogP contribution in [0.5, 0.6) is 0 Å². The first kappa shape index (κ1) is 16.5. The quantitative estimate of drug-likeness (QED) is 0.697. The highest BCUT2D eigenvalue weighted by molar-refractivity contribution is 7.16. The molecule has 3 aliphatic rings. The van der Waals surface area contributed by atoms with Gasteiger partial charge in [-0.05, 0) is 62.8 Å². The molecule has 0 radical (unpaired) electrons. The molecule has 0 saturated heterocycles. The molecule has 24 heavy (non-hydrogen) atoms. The molecule has 0 aromatic carbocycles. The molecule has 3 unspecified atom stereocenters. The number of rotatable bonds is 7. The number of nitrogens with one attached hydrogen (secondary N) is 2. The lowest BCUT2D eigenvalue weighted by Gasteiger charge is -2.29. The van der Waals surface area contributed by atoms with Gasteiger partial charge in [-0.3, -0.25) is 0 Å². The lowest BCUT2D eigenvalue weighted by atomic mass is 9.91. The van der Waals surface area contributed by atoms with Crippen molar-refractivity contribution in [3.63, 3.8) is 0 Å². The summed E-state index contributed by atoms with van der Waals surface area (Å²) in [6.45, 7) is 6.73. The van der Waals surface area contributed by atoms with E-state index in [0.717, 1.165) is 11.6 Å². The van der Waals surface area contributed by atoms with Crippen molar-refractivity contribution in [2.45, 2.75) is 70.6 Å². The van der Waals surface area contributed by atoms with Crippen LogP contribution in [0.2, 0.25) is 0 Å². The molecule has 4 rings (SSSR count). The molecule has 3 nitrogen and oxygen atoms in total. The molecule has 2 saturated carbocycles. The van der Waals surface area contributed by atoms with Gasteiger partial charge in [0.2, 0.25) is 0 Å². The van der Waals surface area contributed by atoms with Gasteiger partial charge < -0.3 is 15.4 Å². The Labute approximate surface area is 149 Å². The van der Waals surface area contributed by atoms with E-state index in [-0.39, 0.29) is 6.23 Å². The number of ether oxygens (including phenoxy) is 1. The highest BCUT2D eigenvalue weighted by atomic mass is 32.1. The van der Waals surface area contributed by atoms with E-state index in [4.69, 9.17) is 4.74 Å². The van der Waals surface area contributed by atoms with Crippen molar-refractivity contribution in [1.29, 1.82) is 0 Å². The standard InChI is InChI=1S/C20H30N2OS/c1-12-11-16(12)19(23-3)22-20-18(13(2)21-14-7-6-8-14)15-9-4-5-10-17(15)24-20/h12,14,16,19,21-22H,2,4-11H2,1,3H3. The number of fused-ring (bicyclic) bond motifs is 1. The van der Waals surface area contributed by atoms with Crippen molar-refractivity contribution in [2.75, 3.05) is 12.4 Å². The van der Waals surface area contributed by atoms with E-state index in [1.165, 1.54) is 61.9 Å². The minimum absolute atomic E-state index is 0.135. The van der Waals surface area contributed by atoms with Crippen LogP contribution in [0.1, 0.15) is 61.5 Å². The van der Waals surface area contributed by atoms with Crippen LogP contribution in [0, 0.1) is 11.8 Å². The Bertz CT molecular complexity index is 619. The summed E-state index contributed by atoms with van der Waals surface area (Å²) in [5.74, 6) is 1.42. The maximum Gasteiger partial charge on any atom is 0.131 e. The zero-order valence-corrected chi connectivity index (χ0v) is 15.8. The molecule has 3 aliphatic carbocycles. The summed E-state index contributed by atoms with van der Waals surface area (Å²) in [6.07, 6.45) is 10.4. The van der Waals surface area contributed by atoms with Gasteiger partial charge in [-0.1, -0.05) is 13.5 Å². The van der Waals surface area contributed by atoms with E-state index in [0.29, 0.717) is 12.0 Å². The maximum atomic E-state index is 5.77. The Morgan fingerprint density at radius 1 is 1.25 bits per heavy atom. The predicted octanol–water partition coefficient (Wildman–Crippen LogP) is 4.78. The second-order valence-corrected chi connectivity index (χ2v) is 8.95. The average molecular weight is 347 g/mol. The fourth-order valence-electron chi connectivity index (χ4n) is 4.10. The van der Waals surface area contributed by atoms with Crippen molar-refractivity contribution in [3.05, 3.63) is 22.6 Å². The van der Waals surface area contributed by atoms with Crippen molar-refractivity contribution in [1.82, 2.24) is 5.32 Å². The van der Waals surface area contributed by atoms with E-state index in [1.807, 2.05) is 18.4 Å². The third-order valence-corrected chi connectivity index (χ3v) is 7.27. The lowest BCUT2D eigenvalue weighted by molar-refractivity contribution is 0.104. The van der Waals surface area contributed by atoms with Crippen LogP contribution in [0.3, 0.4) is 0 Å². The second kappa shape index (κ2) is 6.72. The molecule has 0 bridgehead atoms. The van der Waals surface area contributed by atoms with Gasteiger partial charge in [0.05, 0.1) is 0 Å². The molecule has 3 atom stereocenters. The van der Waals surface area contributed by atoms with E-state index in [9.17, 15) is 0 Å². The van der Waals surface area contributed by atoms with Crippen LogP contribution in [-0.2, 0) is 17.6 Å². The lowest BCUT2D eigenvalue weighted by Crippen LogP contribution is -2.34. The number of hydrogen-bond donors (Lipinski definition) is 2. The van der Waals surface area contributed by atoms with E-state index >= 15 is 0 Å². The Hall–Kier alpha value is -1.00. The Morgan fingerprint density at radius 2 is 2.00 bits per heavy atom. The number of anilines is 1. The first-order valence-electron chi connectivity index (χ1n) is 9.57. The van der Waals surface area contributed by atoms with Gasteiger partial charge in [0.15, 0.2) is 0 Å². The third kappa shape index (κ3) is 3.11. The largest absolute Gasteiger partial charge is 0.382 e. The molecule has 1 aromatic rings. The molecule has 132 valence electrons. The van der Waals surface area contributed by atoms with Crippen LogP contribution in [0.4, 0.5) is 5.00 Å². The molecular formula is C20H30N2OS. The molecule has 0 spiro atoms. The maximum absolute atomic E-state index is 5.77. The van der Waals surface area contributed by atoms with E-state index in [2.05, 4.69) is 24.1 Å². The monoisotopic (exact) mass is 346 g/mol. The fraction of sp³-hybridized carbons (Fsp3) is 0.700. The molecule has 1 aromatic heterocycles. The van der Waals surface area contributed by atoms with Crippen LogP contribution >= 0.6 is 11.3 Å². The summed E-state index contributed by atoms with van der Waals surface area (Å²) in [6, 6.07) is 0.631. The van der Waals surface area contributed by atoms with E-state index in [1.54, 1.807) is 10.4 Å². The van der Waals surface area contributed by atoms with Crippen molar-refractivity contribution < 1.29 is 4.74 Å². The summed E-state index contributed by atoms with van der Waals surface area (Å²) in [5, 5.41) is 8.70.